The standard InChI is InChI=1S/C46H42Cl2N4O6/c1-26-27(2)49-19-17-37(26)31-10-8-30(9-11-31)16-18-50-45(53)39-20-34-21-40-41(22-35(34)23-52(39)46(54)44-28(3)57-29(4)51-44)58-42(25-56-40)32-12-14-36(15-13-32)55-24-33-6-5-7-38(47)43(33)48/h5-15,17,19,21-22,39,42H,16,18,20,23-25H2,1-4H3,(H,50,53). The maximum Gasteiger partial charge on any atom is 0.277 e. The van der Waals surface area contributed by atoms with E-state index in [2.05, 4.69) is 46.5 Å². The molecule has 0 radical (unpaired) electrons. The summed E-state index contributed by atoms with van der Waals surface area (Å²) in [5, 5.41) is 4.06. The Morgan fingerprint density at radius 1 is 0.931 bits per heavy atom. The van der Waals surface area contributed by atoms with Crippen LogP contribution in [0.2, 0.25) is 10.0 Å². The van der Waals surface area contributed by atoms with Crippen LogP contribution in [0.4, 0.5) is 0 Å². The maximum atomic E-state index is 14.1. The number of benzene rings is 4. The van der Waals surface area contributed by atoms with E-state index in [1.54, 1.807) is 24.8 Å². The van der Waals surface area contributed by atoms with Gasteiger partial charge in [-0.25, -0.2) is 4.98 Å². The molecule has 0 bridgehead atoms. The zero-order chi connectivity index (χ0) is 40.5. The van der Waals surface area contributed by atoms with Gasteiger partial charge in [0.15, 0.2) is 29.2 Å². The third kappa shape index (κ3) is 8.12. The molecule has 4 aromatic carbocycles. The molecular weight excluding hydrogens is 775 g/mol. The number of carbonyl (C=O) groups excluding carboxylic acids is 2. The average Bonchev–Trinajstić information content (AvgIpc) is 3.58. The molecule has 2 unspecified atom stereocenters. The van der Waals surface area contributed by atoms with Crippen molar-refractivity contribution >= 4 is 35.0 Å². The van der Waals surface area contributed by atoms with Crippen LogP contribution >= 0.6 is 23.2 Å². The molecular formula is C46H42Cl2N4O6. The minimum Gasteiger partial charge on any atom is -0.489 e. The zero-order valence-corrected chi connectivity index (χ0v) is 34.1. The number of hydrogen-bond donors (Lipinski definition) is 1. The summed E-state index contributed by atoms with van der Waals surface area (Å²) in [6.07, 6.45) is 2.38. The van der Waals surface area contributed by atoms with E-state index < -0.39 is 6.04 Å². The number of halogens is 2. The number of pyridine rings is 1. The van der Waals surface area contributed by atoms with Gasteiger partial charge in [-0.1, -0.05) is 71.7 Å². The maximum absolute atomic E-state index is 14.1. The zero-order valence-electron chi connectivity index (χ0n) is 32.6. The summed E-state index contributed by atoms with van der Waals surface area (Å²) in [6, 6.07) is 26.5. The Labute approximate surface area is 347 Å². The lowest BCUT2D eigenvalue weighted by molar-refractivity contribution is -0.126. The minimum absolute atomic E-state index is 0.178. The van der Waals surface area contributed by atoms with Gasteiger partial charge in [-0.2, -0.15) is 0 Å². The van der Waals surface area contributed by atoms with E-state index in [9.17, 15) is 9.59 Å². The highest BCUT2D eigenvalue weighted by atomic mass is 35.5. The van der Waals surface area contributed by atoms with Crippen molar-refractivity contribution in [1.29, 1.82) is 0 Å². The average molecular weight is 818 g/mol. The number of nitrogens with one attached hydrogen (secondary N) is 1. The number of rotatable bonds is 10. The first-order valence-corrected chi connectivity index (χ1v) is 19.9. The Balaban J connectivity index is 0.956. The Hall–Kier alpha value is -5.84. The normalized spacial score (nSPS) is 15.8. The summed E-state index contributed by atoms with van der Waals surface area (Å²) < 4.78 is 24.3. The number of fused-ring (bicyclic) bond motifs is 2. The van der Waals surface area contributed by atoms with Gasteiger partial charge in [0.05, 0.1) is 10.0 Å². The van der Waals surface area contributed by atoms with Gasteiger partial charge in [0.25, 0.3) is 5.91 Å². The molecule has 0 aliphatic carbocycles. The second-order valence-electron chi connectivity index (χ2n) is 14.7. The fourth-order valence-electron chi connectivity index (χ4n) is 7.48. The van der Waals surface area contributed by atoms with Crippen molar-refractivity contribution in [1.82, 2.24) is 20.2 Å². The number of ether oxygens (including phenoxy) is 3. The molecule has 8 rings (SSSR count). The summed E-state index contributed by atoms with van der Waals surface area (Å²) in [6.45, 7) is 8.65. The fourth-order valence-corrected chi connectivity index (χ4v) is 7.85. The van der Waals surface area contributed by atoms with E-state index in [-0.39, 0.29) is 36.8 Å². The molecule has 12 heteroatoms. The lowest BCUT2D eigenvalue weighted by Crippen LogP contribution is -2.53. The largest absolute Gasteiger partial charge is 0.489 e. The molecule has 0 spiro atoms. The summed E-state index contributed by atoms with van der Waals surface area (Å²) in [7, 11) is 0. The SMILES string of the molecule is Cc1nc(C(=O)N2Cc3cc4c(cc3CC2C(=O)NCCc2ccc(-c3ccnc(C)c3C)cc2)OCC(c2ccc(OCc3cccc(Cl)c3Cl)cc2)O4)c(C)o1. The Kier molecular flexibility index (Phi) is 11.1. The highest BCUT2D eigenvalue weighted by Crippen LogP contribution is 2.41. The van der Waals surface area contributed by atoms with Crippen LogP contribution in [0.1, 0.15) is 67.3 Å². The topological polar surface area (TPSA) is 116 Å². The van der Waals surface area contributed by atoms with Crippen molar-refractivity contribution in [3.8, 4) is 28.4 Å². The first kappa shape index (κ1) is 39.0. The molecule has 1 N–H and O–H groups in total. The smallest absolute Gasteiger partial charge is 0.277 e. The highest BCUT2D eigenvalue weighted by Gasteiger charge is 2.38. The summed E-state index contributed by atoms with van der Waals surface area (Å²) in [4.78, 5) is 38.4. The molecule has 2 amide bonds. The van der Waals surface area contributed by atoms with E-state index in [0.29, 0.717) is 64.9 Å². The summed E-state index contributed by atoms with van der Waals surface area (Å²) in [5.41, 5.74) is 9.20. The van der Waals surface area contributed by atoms with Crippen LogP contribution in [-0.4, -0.2) is 45.9 Å². The van der Waals surface area contributed by atoms with Gasteiger partial charge in [0.2, 0.25) is 5.91 Å². The molecule has 2 atom stereocenters. The molecule has 2 aliphatic heterocycles. The Morgan fingerprint density at radius 3 is 2.47 bits per heavy atom. The van der Waals surface area contributed by atoms with Crippen molar-refractivity contribution in [3.63, 3.8) is 0 Å². The van der Waals surface area contributed by atoms with E-state index >= 15 is 0 Å². The van der Waals surface area contributed by atoms with Gasteiger partial charge in [-0.15, -0.1) is 0 Å². The van der Waals surface area contributed by atoms with Crippen LogP contribution in [0.25, 0.3) is 11.1 Å². The van der Waals surface area contributed by atoms with Crippen molar-refractivity contribution in [2.45, 2.75) is 65.8 Å². The van der Waals surface area contributed by atoms with Crippen LogP contribution in [0.5, 0.6) is 17.2 Å². The lowest BCUT2D eigenvalue weighted by Gasteiger charge is -2.37. The van der Waals surface area contributed by atoms with Crippen molar-refractivity contribution in [2.75, 3.05) is 13.2 Å². The molecule has 0 fully saturated rings. The number of aromatic nitrogens is 2. The second-order valence-corrected chi connectivity index (χ2v) is 15.4. The van der Waals surface area contributed by atoms with Crippen molar-refractivity contribution in [2.24, 2.45) is 0 Å². The van der Waals surface area contributed by atoms with Crippen molar-refractivity contribution in [3.05, 3.63) is 158 Å². The molecule has 2 aromatic heterocycles. The minimum atomic E-state index is -0.775. The van der Waals surface area contributed by atoms with E-state index in [1.165, 1.54) is 0 Å². The summed E-state index contributed by atoms with van der Waals surface area (Å²) in [5.74, 6) is 2.01. The molecule has 6 aromatic rings. The lowest BCUT2D eigenvalue weighted by atomic mass is 9.92. The number of oxazole rings is 1. The van der Waals surface area contributed by atoms with E-state index in [4.69, 9.17) is 41.8 Å². The Morgan fingerprint density at radius 2 is 1.71 bits per heavy atom. The third-order valence-electron chi connectivity index (χ3n) is 10.8. The first-order chi connectivity index (χ1) is 28.0. The van der Waals surface area contributed by atoms with Crippen LogP contribution in [0, 0.1) is 27.7 Å². The van der Waals surface area contributed by atoms with Crippen LogP contribution in [0.15, 0.2) is 95.5 Å². The number of nitrogens with zero attached hydrogens (tertiary/aromatic N) is 3. The van der Waals surface area contributed by atoms with Gasteiger partial charge in [0, 0.05) is 43.9 Å². The molecule has 10 nitrogen and oxygen atoms in total. The fraction of sp³-hybridized carbons (Fsp3) is 0.261. The third-order valence-corrected chi connectivity index (χ3v) is 11.7. The van der Waals surface area contributed by atoms with Crippen LogP contribution in [0.3, 0.4) is 0 Å². The van der Waals surface area contributed by atoms with Crippen molar-refractivity contribution < 1.29 is 28.2 Å². The van der Waals surface area contributed by atoms with Gasteiger partial charge in [0.1, 0.15) is 30.8 Å². The number of aryl methyl sites for hydroxylation is 3. The van der Waals surface area contributed by atoms with E-state index in [1.807, 2.05) is 67.7 Å². The van der Waals surface area contributed by atoms with E-state index in [0.717, 1.165) is 50.2 Å². The molecule has 296 valence electrons. The predicted octanol–water partition coefficient (Wildman–Crippen LogP) is 9.29. The monoisotopic (exact) mass is 816 g/mol. The molecule has 2 aliphatic rings. The molecule has 0 saturated heterocycles. The quantitative estimate of drug-likeness (QED) is 0.146. The number of carbonyl (C=O) groups is 2. The molecule has 0 saturated carbocycles. The van der Waals surface area contributed by atoms with Gasteiger partial charge in [-0.05, 0) is 103 Å². The second kappa shape index (κ2) is 16.6. The molecule has 4 heterocycles. The van der Waals surface area contributed by atoms with Crippen LogP contribution in [-0.2, 0) is 30.8 Å². The first-order valence-electron chi connectivity index (χ1n) is 19.2. The van der Waals surface area contributed by atoms with Gasteiger partial charge >= 0.3 is 0 Å². The predicted molar refractivity (Wildman–Crippen MR) is 222 cm³/mol. The molecule has 58 heavy (non-hydrogen) atoms. The van der Waals surface area contributed by atoms with Gasteiger partial charge in [-0.3, -0.25) is 14.6 Å². The Bertz CT molecular complexity index is 2500. The van der Waals surface area contributed by atoms with Gasteiger partial charge < -0.3 is 28.8 Å². The summed E-state index contributed by atoms with van der Waals surface area (Å²) >= 11 is 12.5. The van der Waals surface area contributed by atoms with Crippen LogP contribution < -0.4 is 19.5 Å². The number of hydrogen-bond acceptors (Lipinski definition) is 8. The highest BCUT2D eigenvalue weighted by molar-refractivity contribution is 6.42. The number of amides is 2.